The Bertz CT molecular complexity index is 1500. The molecule has 1 aliphatic carbocycles. The lowest BCUT2D eigenvalue weighted by Crippen LogP contribution is -2.19. The monoisotopic (exact) mass is 484 g/mol. The van der Waals surface area contributed by atoms with E-state index in [1.165, 1.54) is 24.8 Å². The van der Waals surface area contributed by atoms with Crippen molar-refractivity contribution in [3.63, 3.8) is 0 Å². The molecule has 5 rings (SSSR count). The summed E-state index contributed by atoms with van der Waals surface area (Å²) >= 11 is 6.11. The number of benzene rings is 1. The first-order chi connectivity index (χ1) is 16.9. The topological polar surface area (TPSA) is 96.5 Å². The summed E-state index contributed by atoms with van der Waals surface area (Å²) in [5, 5.41) is 14.1. The largest absolute Gasteiger partial charge is 0.375 e. The summed E-state index contributed by atoms with van der Waals surface area (Å²) in [6.45, 7) is 1.99. The number of halogens is 1. The van der Waals surface area contributed by atoms with Crippen molar-refractivity contribution in [1.29, 1.82) is 5.26 Å². The Morgan fingerprint density at radius 2 is 1.97 bits per heavy atom. The number of aromatic nitrogens is 4. The maximum Gasteiger partial charge on any atom is 0.252 e. The predicted octanol–water partition coefficient (Wildman–Crippen LogP) is 5.28. The van der Waals surface area contributed by atoms with Gasteiger partial charge in [-0.05, 0) is 67.0 Å². The number of aryl methyl sites for hydroxylation is 1. The van der Waals surface area contributed by atoms with Crippen molar-refractivity contribution < 1.29 is 0 Å². The lowest BCUT2D eigenvalue weighted by atomic mass is 9.81. The van der Waals surface area contributed by atoms with E-state index < -0.39 is 0 Å². The van der Waals surface area contributed by atoms with Gasteiger partial charge in [0, 0.05) is 42.8 Å². The average molecular weight is 485 g/mol. The van der Waals surface area contributed by atoms with E-state index in [2.05, 4.69) is 26.3 Å². The van der Waals surface area contributed by atoms with Crippen LogP contribution < -0.4 is 10.9 Å². The Labute approximate surface area is 208 Å². The lowest BCUT2D eigenvalue weighted by Gasteiger charge is -2.25. The van der Waals surface area contributed by atoms with Crippen molar-refractivity contribution >= 4 is 28.2 Å². The summed E-state index contributed by atoms with van der Waals surface area (Å²) in [5.41, 5.74) is 4.80. The van der Waals surface area contributed by atoms with Gasteiger partial charge in [0.25, 0.3) is 5.56 Å². The van der Waals surface area contributed by atoms with Gasteiger partial charge >= 0.3 is 0 Å². The van der Waals surface area contributed by atoms with Crippen molar-refractivity contribution in [2.75, 3.05) is 5.32 Å². The average Bonchev–Trinajstić information content (AvgIpc) is 2.82. The van der Waals surface area contributed by atoms with E-state index in [9.17, 15) is 10.1 Å². The molecule has 0 bridgehead atoms. The SMILES string of the molecule is CC(Nc1cc(=O)n(C)c2ccc(Cc3ccnc(Cl)c3C#N)cc12)c1ncc(C2CCC2)cn1. The molecule has 0 spiro atoms. The fourth-order valence-electron chi connectivity index (χ4n) is 4.52. The van der Waals surface area contributed by atoms with E-state index in [0.717, 1.165) is 27.7 Å². The van der Waals surface area contributed by atoms with Crippen LogP contribution in [0.4, 0.5) is 5.69 Å². The first kappa shape index (κ1) is 23.0. The molecule has 8 heteroatoms. The summed E-state index contributed by atoms with van der Waals surface area (Å²) in [5.74, 6) is 1.27. The smallest absolute Gasteiger partial charge is 0.252 e. The van der Waals surface area contributed by atoms with Crippen LogP contribution in [0.15, 0.2) is 53.7 Å². The van der Waals surface area contributed by atoms with Crippen molar-refractivity contribution in [1.82, 2.24) is 19.5 Å². The van der Waals surface area contributed by atoms with Crippen LogP contribution in [0.2, 0.25) is 5.15 Å². The van der Waals surface area contributed by atoms with Crippen molar-refractivity contribution in [3.05, 3.63) is 92.5 Å². The first-order valence-electron chi connectivity index (χ1n) is 11.7. The Balaban J connectivity index is 1.47. The highest BCUT2D eigenvalue weighted by atomic mass is 35.5. The van der Waals surface area contributed by atoms with Crippen LogP contribution >= 0.6 is 11.6 Å². The van der Waals surface area contributed by atoms with Crippen molar-refractivity contribution in [3.8, 4) is 6.07 Å². The number of rotatable bonds is 6. The molecule has 1 aromatic carbocycles. The molecular formula is C27H25ClN6O. The van der Waals surface area contributed by atoms with E-state index in [1.54, 1.807) is 29.9 Å². The minimum absolute atomic E-state index is 0.103. The lowest BCUT2D eigenvalue weighted by molar-refractivity contribution is 0.417. The van der Waals surface area contributed by atoms with Crippen molar-refractivity contribution in [2.24, 2.45) is 7.05 Å². The molecule has 1 N–H and O–H groups in total. The van der Waals surface area contributed by atoms with Crippen molar-refractivity contribution in [2.45, 2.75) is 44.6 Å². The second-order valence-corrected chi connectivity index (χ2v) is 9.46. The number of anilines is 1. The molecule has 3 aromatic heterocycles. The molecule has 0 radical (unpaired) electrons. The number of nitrogens with one attached hydrogen (secondary N) is 1. The molecule has 1 atom stereocenters. The third-order valence-corrected chi connectivity index (χ3v) is 7.12. The zero-order chi connectivity index (χ0) is 24.5. The van der Waals surface area contributed by atoms with Crippen LogP contribution in [0, 0.1) is 11.3 Å². The third-order valence-electron chi connectivity index (χ3n) is 6.84. The van der Waals surface area contributed by atoms with Gasteiger partial charge in [-0.1, -0.05) is 24.1 Å². The van der Waals surface area contributed by atoms with Gasteiger partial charge in [0.2, 0.25) is 0 Å². The number of pyridine rings is 2. The van der Waals surface area contributed by atoms with Crippen LogP contribution in [-0.4, -0.2) is 19.5 Å². The van der Waals surface area contributed by atoms with E-state index >= 15 is 0 Å². The molecule has 1 unspecified atom stereocenters. The Hall–Kier alpha value is -3.76. The molecule has 4 aromatic rings. The zero-order valence-corrected chi connectivity index (χ0v) is 20.4. The molecule has 1 saturated carbocycles. The molecule has 0 saturated heterocycles. The molecule has 1 fully saturated rings. The quantitative estimate of drug-likeness (QED) is 0.374. The fourth-order valence-corrected chi connectivity index (χ4v) is 4.74. The summed E-state index contributed by atoms with van der Waals surface area (Å²) in [6.07, 6.45) is 9.67. The normalized spacial score (nSPS) is 14.3. The van der Waals surface area contributed by atoms with Gasteiger partial charge in [0.05, 0.1) is 17.1 Å². The van der Waals surface area contributed by atoms with Gasteiger partial charge < -0.3 is 9.88 Å². The van der Waals surface area contributed by atoms with Gasteiger partial charge in [-0.2, -0.15) is 5.26 Å². The van der Waals surface area contributed by atoms with Gasteiger partial charge in [-0.15, -0.1) is 0 Å². The van der Waals surface area contributed by atoms with Crippen LogP contribution in [0.5, 0.6) is 0 Å². The molecular weight excluding hydrogens is 460 g/mol. The molecule has 176 valence electrons. The van der Waals surface area contributed by atoms with Gasteiger partial charge in [-0.3, -0.25) is 4.79 Å². The van der Waals surface area contributed by atoms with Crippen LogP contribution in [0.25, 0.3) is 10.9 Å². The minimum Gasteiger partial charge on any atom is -0.375 e. The van der Waals surface area contributed by atoms with E-state index in [0.29, 0.717) is 23.7 Å². The van der Waals surface area contributed by atoms with Crippen LogP contribution in [0.3, 0.4) is 0 Å². The second-order valence-electron chi connectivity index (χ2n) is 9.10. The maximum absolute atomic E-state index is 12.7. The second kappa shape index (κ2) is 9.47. The number of hydrogen-bond acceptors (Lipinski definition) is 6. The van der Waals surface area contributed by atoms with Gasteiger partial charge in [0.15, 0.2) is 0 Å². The Kier molecular flexibility index (Phi) is 6.23. The molecule has 3 heterocycles. The molecule has 35 heavy (non-hydrogen) atoms. The highest BCUT2D eigenvalue weighted by Crippen LogP contribution is 2.35. The van der Waals surface area contributed by atoms with Crippen LogP contribution in [-0.2, 0) is 13.5 Å². The Morgan fingerprint density at radius 3 is 2.66 bits per heavy atom. The Morgan fingerprint density at radius 1 is 1.20 bits per heavy atom. The highest BCUT2D eigenvalue weighted by molar-refractivity contribution is 6.30. The van der Waals surface area contributed by atoms with E-state index in [4.69, 9.17) is 11.6 Å². The maximum atomic E-state index is 12.7. The number of nitrogens with zero attached hydrogens (tertiary/aromatic N) is 5. The molecule has 0 aliphatic heterocycles. The molecule has 0 amide bonds. The zero-order valence-electron chi connectivity index (χ0n) is 19.6. The number of fused-ring (bicyclic) bond motifs is 1. The van der Waals surface area contributed by atoms with Gasteiger partial charge in [0.1, 0.15) is 17.0 Å². The number of hydrogen-bond donors (Lipinski definition) is 1. The standard InChI is InChI=1S/C27H25ClN6O/c1-16(27-31-14-20(15-32-27)18-4-3-5-18)33-23-12-25(35)34(2)24-7-6-17(11-21(23)24)10-19-8-9-30-26(28)22(19)13-29/h6-9,11-12,14-16,18,33H,3-5,10H2,1-2H3. The minimum atomic E-state index is -0.186. The highest BCUT2D eigenvalue weighted by Gasteiger charge is 2.21. The van der Waals surface area contributed by atoms with E-state index in [1.807, 2.05) is 37.5 Å². The molecule has 1 aliphatic rings. The van der Waals surface area contributed by atoms with E-state index in [-0.39, 0.29) is 16.8 Å². The summed E-state index contributed by atoms with van der Waals surface area (Å²) < 4.78 is 1.63. The van der Waals surface area contributed by atoms with Crippen LogP contribution in [0.1, 0.15) is 66.2 Å². The first-order valence-corrected chi connectivity index (χ1v) is 12.1. The predicted molar refractivity (Wildman–Crippen MR) is 137 cm³/mol. The summed E-state index contributed by atoms with van der Waals surface area (Å²) in [6, 6.07) is 11.3. The number of nitriles is 1. The van der Waals surface area contributed by atoms with Gasteiger partial charge in [-0.25, -0.2) is 15.0 Å². The third kappa shape index (κ3) is 4.50. The fraction of sp³-hybridized carbons (Fsp3) is 0.296. The molecule has 7 nitrogen and oxygen atoms in total. The summed E-state index contributed by atoms with van der Waals surface area (Å²) in [4.78, 5) is 25.9. The summed E-state index contributed by atoms with van der Waals surface area (Å²) in [7, 11) is 1.76.